The van der Waals surface area contributed by atoms with Crippen molar-refractivity contribution in [1.82, 2.24) is 10.2 Å². The molecule has 3 fully saturated rings. The van der Waals surface area contributed by atoms with Crippen LogP contribution in [0.4, 0.5) is 5.69 Å². The van der Waals surface area contributed by atoms with Crippen LogP contribution < -0.4 is 10.2 Å². The van der Waals surface area contributed by atoms with Crippen LogP contribution in [0, 0.1) is 11.8 Å². The molecular formula is C30H38ClN3O7. The number of fused-ring (bicyclic) bond motifs is 1. The number of hydrogen-bond donors (Lipinski definition) is 2. The lowest BCUT2D eigenvalue weighted by atomic mass is 9.70. The van der Waals surface area contributed by atoms with Crippen LogP contribution in [-0.2, 0) is 28.7 Å². The van der Waals surface area contributed by atoms with Gasteiger partial charge in [0, 0.05) is 26.1 Å². The van der Waals surface area contributed by atoms with Crippen molar-refractivity contribution >= 4 is 41.0 Å². The number of likely N-dealkylation sites (tertiary alicyclic amines) is 1. The predicted molar refractivity (Wildman–Crippen MR) is 153 cm³/mol. The first kappa shape index (κ1) is 30.7. The number of halogens is 1. The number of amides is 3. The molecule has 11 heteroatoms. The molecule has 1 aromatic rings. The van der Waals surface area contributed by atoms with E-state index in [0.717, 1.165) is 0 Å². The number of aliphatic hydroxyl groups excluding tert-OH is 1. The Morgan fingerprint density at radius 1 is 1.32 bits per heavy atom. The van der Waals surface area contributed by atoms with Crippen molar-refractivity contribution in [3.63, 3.8) is 0 Å². The lowest BCUT2D eigenvalue weighted by molar-refractivity contribution is -0.159. The van der Waals surface area contributed by atoms with Crippen molar-refractivity contribution in [2.45, 2.75) is 62.9 Å². The Morgan fingerprint density at radius 2 is 2.07 bits per heavy atom. The summed E-state index contributed by atoms with van der Waals surface area (Å²) in [6, 6.07) is 5.90. The van der Waals surface area contributed by atoms with Gasteiger partial charge in [-0.25, -0.2) is 0 Å². The second kappa shape index (κ2) is 13.2. The number of nitrogens with zero attached hydrogens (tertiary/aromatic N) is 2. The number of allylic oxidation sites excluding steroid dienone is 1. The van der Waals surface area contributed by atoms with Crippen LogP contribution in [0.15, 0.2) is 49.6 Å². The van der Waals surface area contributed by atoms with Gasteiger partial charge in [-0.3, -0.25) is 19.2 Å². The molecule has 0 aromatic heterocycles. The molecule has 0 aliphatic carbocycles. The number of rotatable bonds is 14. The number of carbonyl (C=O) groups excluding carboxylic acids is 4. The summed E-state index contributed by atoms with van der Waals surface area (Å²) in [5.41, 5.74) is -0.748. The lowest BCUT2D eigenvalue weighted by Gasteiger charge is -2.37. The van der Waals surface area contributed by atoms with Crippen LogP contribution in [0.3, 0.4) is 0 Å². The molecule has 0 unspecified atom stereocenters. The smallest absolute Gasteiger partial charge is 0.312 e. The van der Waals surface area contributed by atoms with E-state index in [1.165, 1.54) is 9.80 Å². The summed E-state index contributed by atoms with van der Waals surface area (Å²) in [5.74, 6) is -3.33. The Labute approximate surface area is 245 Å². The number of hydrogen-bond acceptors (Lipinski definition) is 7. The number of aliphatic hydroxyl groups is 1. The summed E-state index contributed by atoms with van der Waals surface area (Å²) in [5, 5.41) is 12.7. The first-order chi connectivity index (χ1) is 19.7. The third-order valence-electron chi connectivity index (χ3n) is 8.06. The number of nitrogens with one attached hydrogen (secondary N) is 1. The fourth-order valence-electron chi connectivity index (χ4n) is 6.33. The quantitative estimate of drug-likeness (QED) is 0.253. The average Bonchev–Trinajstić information content (AvgIpc) is 3.60. The third kappa shape index (κ3) is 5.91. The van der Waals surface area contributed by atoms with Gasteiger partial charge < -0.3 is 29.7 Å². The molecule has 41 heavy (non-hydrogen) atoms. The highest BCUT2D eigenvalue weighted by Gasteiger charge is 2.75. The van der Waals surface area contributed by atoms with Gasteiger partial charge in [-0.05, 0) is 44.7 Å². The normalized spacial score (nSPS) is 26.8. The van der Waals surface area contributed by atoms with Gasteiger partial charge >= 0.3 is 5.97 Å². The van der Waals surface area contributed by atoms with E-state index in [0.29, 0.717) is 30.0 Å². The van der Waals surface area contributed by atoms with E-state index in [1.807, 2.05) is 0 Å². The zero-order valence-corrected chi connectivity index (χ0v) is 24.1. The standard InChI is InChI=1S/C30H38ClN3O7/c1-4-6-12-23(36)32-18-19(3)40-29(39)24-22-13-14-30(41-22)25(24)27(37)34(16-9-17-35)26(30)28(38)33(15-5-2)21-11-8-7-10-20(21)31/h4-5,7-8,10-11,19,22,24-26,35H,1-2,6,9,12-18H2,3H3,(H,32,36)/t19-,22+,24-,25-,26+,30-/m0/s1. The average molecular weight is 588 g/mol. The maximum Gasteiger partial charge on any atom is 0.312 e. The predicted octanol–water partition coefficient (Wildman–Crippen LogP) is 2.63. The van der Waals surface area contributed by atoms with Crippen LogP contribution in [0.25, 0.3) is 0 Å². The van der Waals surface area contributed by atoms with E-state index < -0.39 is 47.6 Å². The fourth-order valence-corrected chi connectivity index (χ4v) is 6.57. The summed E-state index contributed by atoms with van der Waals surface area (Å²) >= 11 is 6.46. The largest absolute Gasteiger partial charge is 0.460 e. The molecule has 3 saturated heterocycles. The monoisotopic (exact) mass is 587 g/mol. The molecule has 0 radical (unpaired) electrons. The first-order valence-electron chi connectivity index (χ1n) is 14.0. The highest BCUT2D eigenvalue weighted by atomic mass is 35.5. The molecule has 3 aliphatic rings. The minimum Gasteiger partial charge on any atom is -0.460 e. The maximum absolute atomic E-state index is 14.3. The Kier molecular flexibility index (Phi) is 9.88. The summed E-state index contributed by atoms with van der Waals surface area (Å²) in [4.78, 5) is 56.7. The summed E-state index contributed by atoms with van der Waals surface area (Å²) < 4.78 is 12.1. The topological polar surface area (TPSA) is 125 Å². The minimum atomic E-state index is -1.22. The highest BCUT2D eigenvalue weighted by molar-refractivity contribution is 6.34. The molecular weight excluding hydrogens is 550 g/mol. The number of ether oxygens (including phenoxy) is 2. The second-order valence-corrected chi connectivity index (χ2v) is 11.1. The van der Waals surface area contributed by atoms with Crippen molar-refractivity contribution in [3.05, 3.63) is 54.6 Å². The molecule has 3 aliphatic heterocycles. The molecule has 3 amide bonds. The number of benzene rings is 1. The molecule has 4 rings (SSSR count). The van der Waals surface area contributed by atoms with Gasteiger partial charge in [-0.1, -0.05) is 35.9 Å². The Bertz CT molecular complexity index is 1190. The molecule has 222 valence electrons. The summed E-state index contributed by atoms with van der Waals surface area (Å²) in [6.07, 6.45) is 4.02. The molecule has 3 heterocycles. The Balaban J connectivity index is 1.60. The maximum atomic E-state index is 14.3. The van der Waals surface area contributed by atoms with Gasteiger partial charge in [0.15, 0.2) is 0 Å². The zero-order chi connectivity index (χ0) is 29.7. The van der Waals surface area contributed by atoms with Crippen molar-refractivity contribution in [3.8, 4) is 0 Å². The zero-order valence-electron chi connectivity index (χ0n) is 23.3. The molecule has 1 spiro atoms. The van der Waals surface area contributed by atoms with Crippen LogP contribution in [0.5, 0.6) is 0 Å². The van der Waals surface area contributed by atoms with E-state index in [2.05, 4.69) is 18.5 Å². The van der Waals surface area contributed by atoms with Gasteiger partial charge in [0.05, 0.1) is 35.2 Å². The number of esters is 1. The molecule has 10 nitrogen and oxygen atoms in total. The molecule has 1 aromatic carbocycles. The Hall–Kier alpha value is -3.21. The number of para-hydroxylation sites is 1. The van der Waals surface area contributed by atoms with E-state index in [4.69, 9.17) is 21.1 Å². The Morgan fingerprint density at radius 3 is 2.76 bits per heavy atom. The van der Waals surface area contributed by atoms with E-state index in [-0.39, 0.29) is 50.9 Å². The second-order valence-electron chi connectivity index (χ2n) is 10.7. The van der Waals surface area contributed by atoms with Gasteiger partial charge in [0.1, 0.15) is 17.7 Å². The summed E-state index contributed by atoms with van der Waals surface area (Å²) in [6.45, 7) is 9.28. The van der Waals surface area contributed by atoms with Crippen molar-refractivity contribution in [2.75, 3.05) is 31.1 Å². The number of carbonyl (C=O) groups is 4. The summed E-state index contributed by atoms with van der Waals surface area (Å²) in [7, 11) is 0. The SMILES string of the molecule is C=CCCC(=O)NC[C@H](C)OC(=O)[C@@H]1[C@H]2C(=O)N(CCCO)[C@H](C(=O)N(CC=C)c3ccccc3Cl)[C@]23CC[C@H]1O3. The van der Waals surface area contributed by atoms with Gasteiger partial charge in [-0.2, -0.15) is 0 Å². The van der Waals surface area contributed by atoms with Gasteiger partial charge in [0.2, 0.25) is 11.8 Å². The van der Waals surface area contributed by atoms with Crippen LogP contribution in [0.1, 0.15) is 39.0 Å². The van der Waals surface area contributed by atoms with Crippen LogP contribution >= 0.6 is 11.6 Å². The molecule has 0 saturated carbocycles. The van der Waals surface area contributed by atoms with Gasteiger partial charge in [0.25, 0.3) is 5.91 Å². The van der Waals surface area contributed by atoms with E-state index in [1.54, 1.807) is 43.3 Å². The number of anilines is 1. The van der Waals surface area contributed by atoms with Crippen LogP contribution in [-0.4, -0.2) is 83.8 Å². The fraction of sp³-hybridized carbons (Fsp3) is 0.533. The first-order valence-corrected chi connectivity index (χ1v) is 14.4. The molecule has 6 atom stereocenters. The van der Waals surface area contributed by atoms with Gasteiger partial charge in [-0.15, -0.1) is 13.2 Å². The molecule has 2 bridgehead atoms. The van der Waals surface area contributed by atoms with Crippen molar-refractivity contribution in [2.24, 2.45) is 11.8 Å². The van der Waals surface area contributed by atoms with Crippen LogP contribution in [0.2, 0.25) is 5.02 Å². The van der Waals surface area contributed by atoms with E-state index >= 15 is 0 Å². The highest BCUT2D eigenvalue weighted by Crippen LogP contribution is 2.59. The van der Waals surface area contributed by atoms with E-state index in [9.17, 15) is 24.3 Å². The lowest BCUT2D eigenvalue weighted by Crippen LogP contribution is -2.56. The third-order valence-corrected chi connectivity index (χ3v) is 8.38. The van der Waals surface area contributed by atoms with Crippen molar-refractivity contribution < 1.29 is 33.8 Å². The van der Waals surface area contributed by atoms with Crippen molar-refractivity contribution in [1.29, 1.82) is 0 Å². The minimum absolute atomic E-state index is 0.122. The molecule has 2 N–H and O–H groups in total.